The molecule has 2 aromatic rings. The minimum Gasteiger partial charge on any atom is -0.369 e. The van der Waals surface area contributed by atoms with Gasteiger partial charge in [0.2, 0.25) is 0 Å². The van der Waals surface area contributed by atoms with Crippen LogP contribution in [-0.4, -0.2) is 31.1 Å². The highest BCUT2D eigenvalue weighted by Crippen LogP contribution is 2.25. The fourth-order valence-corrected chi connectivity index (χ4v) is 4.37. The summed E-state index contributed by atoms with van der Waals surface area (Å²) in [5.74, 6) is 0. The Labute approximate surface area is 139 Å². The molecular weight excluding hydrogens is 344 g/mol. The summed E-state index contributed by atoms with van der Waals surface area (Å²) in [4.78, 5) is 6.53. The van der Waals surface area contributed by atoms with Crippen LogP contribution in [0.1, 0.15) is 16.0 Å². The van der Waals surface area contributed by atoms with Crippen molar-refractivity contribution in [2.45, 2.75) is 20.4 Å². The molecule has 0 atom stereocenters. The Morgan fingerprint density at radius 1 is 1.14 bits per heavy atom. The maximum absolute atomic E-state index is 3.54. The number of aryl methyl sites for hydroxylation is 1. The Balaban J connectivity index is 1.61. The summed E-state index contributed by atoms with van der Waals surface area (Å²) in [7, 11) is 0. The molecule has 0 aliphatic carbocycles. The van der Waals surface area contributed by atoms with Gasteiger partial charge in [0, 0.05) is 53.1 Å². The number of benzene rings is 1. The molecule has 0 N–H and O–H groups in total. The van der Waals surface area contributed by atoms with E-state index in [1.807, 2.05) is 11.3 Å². The van der Waals surface area contributed by atoms with Crippen molar-refractivity contribution in [3.8, 4) is 0 Å². The van der Waals surface area contributed by atoms with Gasteiger partial charge in [-0.2, -0.15) is 0 Å². The van der Waals surface area contributed by atoms with Crippen LogP contribution in [0.25, 0.3) is 0 Å². The molecule has 0 saturated carbocycles. The molecule has 1 aromatic carbocycles. The van der Waals surface area contributed by atoms with Gasteiger partial charge in [-0.05, 0) is 53.0 Å². The topological polar surface area (TPSA) is 6.48 Å². The van der Waals surface area contributed by atoms with Gasteiger partial charge in [0.05, 0.1) is 0 Å². The second kappa shape index (κ2) is 6.51. The van der Waals surface area contributed by atoms with Crippen molar-refractivity contribution >= 4 is 33.0 Å². The number of rotatable bonds is 3. The quantitative estimate of drug-likeness (QED) is 0.793. The normalized spacial score (nSPS) is 16.4. The van der Waals surface area contributed by atoms with Gasteiger partial charge in [0.15, 0.2) is 0 Å². The van der Waals surface area contributed by atoms with Gasteiger partial charge in [0.25, 0.3) is 0 Å². The largest absolute Gasteiger partial charge is 0.369 e. The van der Waals surface area contributed by atoms with Gasteiger partial charge in [-0.1, -0.05) is 12.1 Å². The second-order valence-corrected chi connectivity index (χ2v) is 7.62. The molecule has 1 saturated heterocycles. The Hall–Kier alpha value is -0.840. The van der Waals surface area contributed by atoms with Crippen LogP contribution in [0.15, 0.2) is 34.1 Å². The van der Waals surface area contributed by atoms with Crippen molar-refractivity contribution in [3.05, 3.63) is 50.1 Å². The molecule has 2 heterocycles. The number of halogens is 1. The van der Waals surface area contributed by atoms with E-state index in [9.17, 15) is 0 Å². The number of hydrogen-bond donors (Lipinski definition) is 0. The van der Waals surface area contributed by atoms with Crippen LogP contribution in [0, 0.1) is 13.8 Å². The Morgan fingerprint density at radius 2 is 1.90 bits per heavy atom. The first-order valence-corrected chi connectivity index (χ1v) is 9.07. The van der Waals surface area contributed by atoms with Gasteiger partial charge < -0.3 is 4.90 Å². The molecule has 1 aromatic heterocycles. The smallest absolute Gasteiger partial charge is 0.0399 e. The van der Waals surface area contributed by atoms with Crippen molar-refractivity contribution in [2.24, 2.45) is 0 Å². The van der Waals surface area contributed by atoms with E-state index in [2.05, 4.69) is 69.2 Å². The molecule has 0 amide bonds. The number of piperazine rings is 1. The molecule has 1 aliphatic heterocycles. The lowest BCUT2D eigenvalue weighted by Crippen LogP contribution is -2.46. The molecule has 3 rings (SSSR count). The van der Waals surface area contributed by atoms with E-state index in [1.54, 1.807) is 0 Å². The molecule has 1 fully saturated rings. The van der Waals surface area contributed by atoms with Crippen molar-refractivity contribution in [3.63, 3.8) is 0 Å². The van der Waals surface area contributed by atoms with Crippen LogP contribution in [0.2, 0.25) is 0 Å². The molecule has 0 spiro atoms. The summed E-state index contributed by atoms with van der Waals surface area (Å²) < 4.78 is 1.21. The first-order valence-electron chi connectivity index (χ1n) is 7.40. The minimum atomic E-state index is 1.08. The first kappa shape index (κ1) is 15.1. The molecule has 1 aliphatic rings. The van der Waals surface area contributed by atoms with E-state index in [0.717, 1.165) is 32.7 Å². The Bertz CT molecular complexity index is 615. The number of thiophene rings is 1. The van der Waals surface area contributed by atoms with Gasteiger partial charge >= 0.3 is 0 Å². The van der Waals surface area contributed by atoms with E-state index in [4.69, 9.17) is 0 Å². The highest BCUT2D eigenvalue weighted by molar-refractivity contribution is 9.10. The molecule has 0 bridgehead atoms. The van der Waals surface area contributed by atoms with Crippen molar-refractivity contribution < 1.29 is 0 Å². The first-order chi connectivity index (χ1) is 10.1. The maximum atomic E-state index is 3.54. The fourth-order valence-electron chi connectivity index (χ4n) is 2.88. The third-order valence-electron chi connectivity index (χ3n) is 4.29. The van der Waals surface area contributed by atoms with Crippen molar-refractivity contribution in [1.82, 2.24) is 4.90 Å². The third-order valence-corrected chi connectivity index (χ3v) is 5.97. The monoisotopic (exact) mass is 364 g/mol. The number of nitrogens with zero attached hydrogens (tertiary/aromatic N) is 2. The van der Waals surface area contributed by atoms with Crippen LogP contribution in [0.5, 0.6) is 0 Å². The molecule has 112 valence electrons. The molecule has 0 radical (unpaired) electrons. The lowest BCUT2D eigenvalue weighted by molar-refractivity contribution is 0.252. The van der Waals surface area contributed by atoms with Crippen LogP contribution >= 0.6 is 27.3 Å². The van der Waals surface area contributed by atoms with E-state index in [-0.39, 0.29) is 0 Å². The molecule has 21 heavy (non-hydrogen) atoms. The van der Waals surface area contributed by atoms with Crippen molar-refractivity contribution in [1.29, 1.82) is 0 Å². The second-order valence-electron chi connectivity index (χ2n) is 5.71. The summed E-state index contributed by atoms with van der Waals surface area (Å²) in [6.07, 6.45) is 0. The average Bonchev–Trinajstić information content (AvgIpc) is 2.88. The summed E-state index contributed by atoms with van der Waals surface area (Å²) >= 11 is 5.38. The van der Waals surface area contributed by atoms with Crippen LogP contribution in [-0.2, 0) is 6.54 Å². The van der Waals surface area contributed by atoms with E-state index in [1.165, 1.54) is 26.2 Å². The Morgan fingerprint density at radius 3 is 2.57 bits per heavy atom. The van der Waals surface area contributed by atoms with Crippen LogP contribution < -0.4 is 4.90 Å². The number of anilines is 1. The standard InChI is InChI=1S/C17H21BrN2S/c1-13-4-3-5-17(14(13)2)20-8-6-19(7-9-20)11-16-10-15(18)12-21-16/h3-5,10,12H,6-9,11H2,1-2H3. The van der Waals surface area contributed by atoms with Gasteiger partial charge in [-0.3, -0.25) is 4.90 Å². The maximum Gasteiger partial charge on any atom is 0.0399 e. The highest BCUT2D eigenvalue weighted by Gasteiger charge is 2.19. The molecule has 4 heteroatoms. The fraction of sp³-hybridized carbons (Fsp3) is 0.412. The lowest BCUT2D eigenvalue weighted by atomic mass is 10.1. The zero-order chi connectivity index (χ0) is 14.8. The predicted octanol–water partition coefficient (Wildman–Crippen LogP) is 4.45. The van der Waals surface area contributed by atoms with Gasteiger partial charge in [0.1, 0.15) is 0 Å². The molecule has 0 unspecified atom stereocenters. The minimum absolute atomic E-state index is 1.08. The summed E-state index contributed by atoms with van der Waals surface area (Å²) in [6.45, 7) is 10.0. The molecular formula is C17H21BrN2S. The zero-order valence-corrected chi connectivity index (χ0v) is 15.0. The zero-order valence-electron chi connectivity index (χ0n) is 12.6. The van der Waals surface area contributed by atoms with Gasteiger partial charge in [-0.25, -0.2) is 0 Å². The summed E-state index contributed by atoms with van der Waals surface area (Å²) in [5.41, 5.74) is 4.22. The summed E-state index contributed by atoms with van der Waals surface area (Å²) in [5, 5.41) is 2.17. The third kappa shape index (κ3) is 3.50. The van der Waals surface area contributed by atoms with E-state index < -0.39 is 0 Å². The van der Waals surface area contributed by atoms with E-state index in [0.29, 0.717) is 0 Å². The highest BCUT2D eigenvalue weighted by atomic mass is 79.9. The SMILES string of the molecule is Cc1cccc(N2CCN(Cc3cc(Br)cs3)CC2)c1C. The Kier molecular flexibility index (Phi) is 4.67. The predicted molar refractivity (Wildman–Crippen MR) is 95.4 cm³/mol. The average molecular weight is 365 g/mol. The van der Waals surface area contributed by atoms with Gasteiger partial charge in [-0.15, -0.1) is 11.3 Å². The van der Waals surface area contributed by atoms with E-state index >= 15 is 0 Å². The van der Waals surface area contributed by atoms with Crippen LogP contribution in [0.4, 0.5) is 5.69 Å². The number of hydrogen-bond acceptors (Lipinski definition) is 3. The summed E-state index contributed by atoms with van der Waals surface area (Å²) in [6, 6.07) is 8.87. The molecule has 2 nitrogen and oxygen atoms in total. The lowest BCUT2D eigenvalue weighted by Gasteiger charge is -2.36. The van der Waals surface area contributed by atoms with Crippen LogP contribution in [0.3, 0.4) is 0 Å². The van der Waals surface area contributed by atoms with Crippen molar-refractivity contribution in [2.75, 3.05) is 31.1 Å².